The van der Waals surface area contributed by atoms with Gasteiger partial charge >= 0.3 is 0 Å². The fraction of sp³-hybridized carbons (Fsp3) is 1.00. The zero-order valence-corrected chi connectivity index (χ0v) is 7.50. The molecule has 2 aliphatic rings. The van der Waals surface area contributed by atoms with E-state index < -0.39 is 0 Å². The fourth-order valence-corrected chi connectivity index (χ4v) is 2.31. The lowest BCUT2D eigenvalue weighted by Gasteiger charge is -2.32. The van der Waals surface area contributed by atoms with E-state index in [9.17, 15) is 5.11 Å². The van der Waals surface area contributed by atoms with Crippen molar-refractivity contribution in [3.63, 3.8) is 0 Å². The normalized spacial score (nSPS) is 38.8. The second-order valence-electron chi connectivity index (χ2n) is 3.91. The van der Waals surface area contributed by atoms with Crippen LogP contribution in [0.2, 0.25) is 0 Å². The second kappa shape index (κ2) is 3.73. The third-order valence-electron chi connectivity index (χ3n) is 3.05. The van der Waals surface area contributed by atoms with E-state index in [0.29, 0.717) is 6.04 Å². The van der Waals surface area contributed by atoms with Crippen molar-refractivity contribution in [2.45, 2.75) is 31.4 Å². The first-order valence-electron chi connectivity index (χ1n) is 4.99. The zero-order chi connectivity index (χ0) is 8.39. The number of piperazine rings is 1. The number of nitrogens with one attached hydrogen (secondary N) is 1. The maximum absolute atomic E-state index is 9.39. The monoisotopic (exact) mass is 170 g/mol. The lowest BCUT2D eigenvalue weighted by Crippen LogP contribution is -2.47. The molecule has 0 aromatic heterocycles. The highest BCUT2D eigenvalue weighted by Gasteiger charge is 2.28. The summed E-state index contributed by atoms with van der Waals surface area (Å²) in [5.41, 5.74) is 0. The summed E-state index contributed by atoms with van der Waals surface area (Å²) in [6, 6.07) is 0.669. The molecule has 70 valence electrons. The Morgan fingerprint density at radius 2 is 1.92 bits per heavy atom. The average molecular weight is 170 g/mol. The van der Waals surface area contributed by atoms with Gasteiger partial charge in [0.15, 0.2) is 0 Å². The van der Waals surface area contributed by atoms with Gasteiger partial charge in [-0.05, 0) is 19.3 Å². The quantitative estimate of drug-likeness (QED) is 0.572. The maximum Gasteiger partial charge on any atom is 0.0555 e. The summed E-state index contributed by atoms with van der Waals surface area (Å²) in [5, 5.41) is 12.7. The Balaban J connectivity index is 1.83. The summed E-state index contributed by atoms with van der Waals surface area (Å²) < 4.78 is 0. The second-order valence-corrected chi connectivity index (χ2v) is 3.91. The first-order valence-corrected chi connectivity index (χ1v) is 4.99. The molecule has 2 atom stereocenters. The molecular weight excluding hydrogens is 152 g/mol. The van der Waals surface area contributed by atoms with Crippen LogP contribution in [-0.2, 0) is 0 Å². The van der Waals surface area contributed by atoms with Crippen molar-refractivity contribution in [3.05, 3.63) is 0 Å². The van der Waals surface area contributed by atoms with Crippen LogP contribution in [-0.4, -0.2) is 48.3 Å². The zero-order valence-electron chi connectivity index (χ0n) is 7.50. The molecule has 0 aromatic carbocycles. The Hall–Kier alpha value is -0.120. The van der Waals surface area contributed by atoms with Gasteiger partial charge in [-0.15, -0.1) is 0 Å². The third-order valence-corrected chi connectivity index (χ3v) is 3.05. The Morgan fingerprint density at radius 1 is 1.17 bits per heavy atom. The molecule has 1 saturated heterocycles. The molecule has 0 radical (unpaired) electrons. The van der Waals surface area contributed by atoms with Gasteiger partial charge < -0.3 is 10.4 Å². The van der Waals surface area contributed by atoms with Crippen LogP contribution >= 0.6 is 0 Å². The summed E-state index contributed by atoms with van der Waals surface area (Å²) in [6.07, 6.45) is 3.18. The summed E-state index contributed by atoms with van der Waals surface area (Å²) in [6.45, 7) is 4.56. The minimum absolute atomic E-state index is 0.0233. The van der Waals surface area contributed by atoms with Crippen LogP contribution in [0.1, 0.15) is 19.3 Å². The van der Waals surface area contributed by atoms with Gasteiger partial charge in [-0.3, -0.25) is 4.90 Å². The lowest BCUT2D eigenvalue weighted by molar-refractivity contribution is 0.141. The molecule has 2 rings (SSSR count). The van der Waals surface area contributed by atoms with Crippen LogP contribution in [0.3, 0.4) is 0 Å². The van der Waals surface area contributed by atoms with Crippen LogP contribution < -0.4 is 5.32 Å². The average Bonchev–Trinajstić information content (AvgIpc) is 2.54. The number of hydrogen-bond acceptors (Lipinski definition) is 3. The molecule has 1 aliphatic carbocycles. The van der Waals surface area contributed by atoms with Gasteiger partial charge in [-0.25, -0.2) is 0 Å². The smallest absolute Gasteiger partial charge is 0.0555 e. The Bertz CT molecular complexity index is 143. The molecule has 2 N–H and O–H groups in total. The minimum Gasteiger partial charge on any atom is -0.393 e. The molecular formula is C9H18N2O. The predicted octanol–water partition coefficient (Wildman–Crippen LogP) is -0.195. The Kier molecular flexibility index (Phi) is 2.63. The van der Waals surface area contributed by atoms with Crippen LogP contribution in [0.25, 0.3) is 0 Å². The third kappa shape index (κ3) is 1.79. The molecule has 2 fully saturated rings. The summed E-state index contributed by atoms with van der Waals surface area (Å²) >= 11 is 0. The van der Waals surface area contributed by atoms with Crippen molar-refractivity contribution in [1.82, 2.24) is 10.2 Å². The number of aliphatic hydroxyl groups excluding tert-OH is 1. The van der Waals surface area contributed by atoms with Gasteiger partial charge in [-0.1, -0.05) is 0 Å². The molecule has 0 bridgehead atoms. The topological polar surface area (TPSA) is 35.5 Å². The molecule has 1 saturated carbocycles. The van der Waals surface area contributed by atoms with E-state index in [1.54, 1.807) is 0 Å². The molecule has 12 heavy (non-hydrogen) atoms. The van der Waals surface area contributed by atoms with Crippen LogP contribution in [0, 0.1) is 0 Å². The predicted molar refractivity (Wildman–Crippen MR) is 48.1 cm³/mol. The van der Waals surface area contributed by atoms with E-state index in [2.05, 4.69) is 10.2 Å². The van der Waals surface area contributed by atoms with Crippen molar-refractivity contribution in [2.75, 3.05) is 26.2 Å². The van der Waals surface area contributed by atoms with Crippen molar-refractivity contribution < 1.29 is 5.11 Å². The lowest BCUT2D eigenvalue weighted by atomic mass is 10.2. The molecule has 0 amide bonds. The molecule has 0 unspecified atom stereocenters. The standard InChI is InChI=1S/C9H18N2O/c12-9-2-1-8(7-9)11-5-3-10-4-6-11/h8-10,12H,1-7H2/t8-,9-/m0/s1. The van der Waals surface area contributed by atoms with Crippen LogP contribution in [0.5, 0.6) is 0 Å². The molecule has 1 aliphatic heterocycles. The van der Waals surface area contributed by atoms with E-state index in [1.165, 1.54) is 6.42 Å². The van der Waals surface area contributed by atoms with Crippen LogP contribution in [0.4, 0.5) is 0 Å². The van der Waals surface area contributed by atoms with Crippen LogP contribution in [0.15, 0.2) is 0 Å². The van der Waals surface area contributed by atoms with Gasteiger partial charge in [0.1, 0.15) is 0 Å². The molecule has 3 nitrogen and oxygen atoms in total. The van der Waals surface area contributed by atoms with Crippen molar-refractivity contribution in [2.24, 2.45) is 0 Å². The first-order chi connectivity index (χ1) is 5.86. The van der Waals surface area contributed by atoms with Crippen molar-refractivity contribution in [3.8, 4) is 0 Å². The van der Waals surface area contributed by atoms with Gasteiger partial charge in [0.2, 0.25) is 0 Å². The van der Waals surface area contributed by atoms with E-state index in [-0.39, 0.29) is 6.10 Å². The minimum atomic E-state index is -0.0233. The van der Waals surface area contributed by atoms with E-state index in [1.807, 2.05) is 0 Å². The maximum atomic E-state index is 9.39. The van der Waals surface area contributed by atoms with E-state index in [4.69, 9.17) is 0 Å². The van der Waals surface area contributed by atoms with E-state index >= 15 is 0 Å². The fourth-order valence-electron chi connectivity index (χ4n) is 2.31. The van der Waals surface area contributed by atoms with Gasteiger partial charge in [0.05, 0.1) is 6.10 Å². The number of rotatable bonds is 1. The molecule has 1 heterocycles. The summed E-state index contributed by atoms with van der Waals surface area (Å²) in [4.78, 5) is 2.52. The highest BCUT2D eigenvalue weighted by Crippen LogP contribution is 2.23. The highest BCUT2D eigenvalue weighted by molar-refractivity contribution is 4.84. The number of hydrogen-bond donors (Lipinski definition) is 2. The van der Waals surface area contributed by atoms with E-state index in [0.717, 1.165) is 39.0 Å². The largest absolute Gasteiger partial charge is 0.393 e. The molecule has 3 heteroatoms. The number of aliphatic hydroxyl groups is 1. The van der Waals surface area contributed by atoms with Gasteiger partial charge in [0, 0.05) is 32.2 Å². The first kappa shape index (κ1) is 8.48. The van der Waals surface area contributed by atoms with Gasteiger partial charge in [0.25, 0.3) is 0 Å². The van der Waals surface area contributed by atoms with Gasteiger partial charge in [-0.2, -0.15) is 0 Å². The molecule has 0 spiro atoms. The molecule has 0 aromatic rings. The summed E-state index contributed by atoms with van der Waals surface area (Å²) in [5.74, 6) is 0. The highest BCUT2D eigenvalue weighted by atomic mass is 16.3. The van der Waals surface area contributed by atoms with Crippen molar-refractivity contribution in [1.29, 1.82) is 0 Å². The Morgan fingerprint density at radius 3 is 2.50 bits per heavy atom. The number of nitrogens with zero attached hydrogens (tertiary/aromatic N) is 1. The SMILES string of the molecule is O[C@H]1CC[C@H](N2CCNCC2)C1. The summed E-state index contributed by atoms with van der Waals surface area (Å²) in [7, 11) is 0. The van der Waals surface area contributed by atoms with Crippen molar-refractivity contribution >= 4 is 0 Å². The Labute approximate surface area is 73.8 Å².